The molecule has 3 heteroatoms. The van der Waals surface area contributed by atoms with Gasteiger partial charge < -0.3 is 10.2 Å². The van der Waals surface area contributed by atoms with E-state index >= 15 is 0 Å². The molecule has 0 amide bonds. The van der Waals surface area contributed by atoms with Gasteiger partial charge in [-0.05, 0) is 24.0 Å². The summed E-state index contributed by atoms with van der Waals surface area (Å²) in [5.41, 5.74) is 8.09. The maximum atomic E-state index is 5.41. The van der Waals surface area contributed by atoms with Crippen LogP contribution in [0.5, 0.6) is 0 Å². The molecule has 0 aliphatic rings. The highest BCUT2D eigenvalue weighted by molar-refractivity contribution is 5.23. The Bertz CT molecular complexity index is 445. The predicted octanol–water partition coefficient (Wildman–Crippen LogP) is 2.60. The van der Waals surface area contributed by atoms with Crippen LogP contribution < -0.4 is 5.73 Å². The molecule has 2 aromatic rings. The van der Waals surface area contributed by atoms with E-state index < -0.39 is 0 Å². The zero-order chi connectivity index (χ0) is 11.4. The van der Waals surface area contributed by atoms with E-state index in [4.69, 9.17) is 10.2 Å². The number of nitrogens with two attached hydrogens (primary N) is 1. The normalized spacial score (nSPS) is 10.6. The number of nitrogens with zero attached hydrogens (tertiary/aromatic N) is 1. The molecule has 0 fully saturated rings. The standard InChI is InChI=1S/C13H16N2O/c1-2-10-3-5-11(6-4-10)7-8-12-9-15-13(14)16-12/h3-6,9H,2,7-8H2,1H3,(H2,14,15). The lowest BCUT2D eigenvalue weighted by atomic mass is 10.1. The van der Waals surface area contributed by atoms with Gasteiger partial charge in [-0.3, -0.25) is 0 Å². The van der Waals surface area contributed by atoms with Crippen molar-refractivity contribution in [2.24, 2.45) is 0 Å². The van der Waals surface area contributed by atoms with Gasteiger partial charge in [0.05, 0.1) is 6.20 Å². The van der Waals surface area contributed by atoms with Crippen molar-refractivity contribution in [3.05, 3.63) is 47.3 Å². The molecule has 84 valence electrons. The summed E-state index contributed by atoms with van der Waals surface area (Å²) in [5, 5.41) is 0. The monoisotopic (exact) mass is 216 g/mol. The van der Waals surface area contributed by atoms with Crippen LogP contribution in [0.4, 0.5) is 6.01 Å². The minimum atomic E-state index is 0.247. The van der Waals surface area contributed by atoms with Gasteiger partial charge in [0.2, 0.25) is 0 Å². The summed E-state index contributed by atoms with van der Waals surface area (Å²) in [5.74, 6) is 0.845. The van der Waals surface area contributed by atoms with Crippen LogP contribution in [-0.4, -0.2) is 4.98 Å². The average Bonchev–Trinajstić information content (AvgIpc) is 2.73. The summed E-state index contributed by atoms with van der Waals surface area (Å²) >= 11 is 0. The number of benzene rings is 1. The first-order valence-corrected chi connectivity index (χ1v) is 5.56. The maximum Gasteiger partial charge on any atom is 0.292 e. The van der Waals surface area contributed by atoms with Gasteiger partial charge in [0.25, 0.3) is 6.01 Å². The van der Waals surface area contributed by atoms with Crippen molar-refractivity contribution < 1.29 is 4.42 Å². The van der Waals surface area contributed by atoms with Crippen molar-refractivity contribution in [3.63, 3.8) is 0 Å². The first-order valence-electron chi connectivity index (χ1n) is 5.56. The minimum Gasteiger partial charge on any atom is -0.429 e. The van der Waals surface area contributed by atoms with Crippen molar-refractivity contribution in [1.82, 2.24) is 4.98 Å². The molecule has 2 rings (SSSR count). The van der Waals surface area contributed by atoms with Gasteiger partial charge in [0.1, 0.15) is 5.76 Å². The van der Waals surface area contributed by atoms with E-state index in [-0.39, 0.29) is 6.01 Å². The minimum absolute atomic E-state index is 0.247. The highest BCUT2D eigenvalue weighted by atomic mass is 16.4. The van der Waals surface area contributed by atoms with Crippen molar-refractivity contribution >= 4 is 6.01 Å². The fourth-order valence-corrected chi connectivity index (χ4v) is 1.65. The molecule has 1 heterocycles. The molecule has 0 aliphatic heterocycles. The summed E-state index contributed by atoms with van der Waals surface area (Å²) < 4.78 is 5.22. The highest BCUT2D eigenvalue weighted by Crippen LogP contribution is 2.11. The molecule has 0 saturated heterocycles. The Balaban J connectivity index is 1.94. The van der Waals surface area contributed by atoms with E-state index in [0.717, 1.165) is 25.0 Å². The molecule has 2 N–H and O–H groups in total. The van der Waals surface area contributed by atoms with Crippen molar-refractivity contribution in [3.8, 4) is 0 Å². The van der Waals surface area contributed by atoms with E-state index in [1.807, 2.05) is 0 Å². The van der Waals surface area contributed by atoms with Gasteiger partial charge >= 0.3 is 0 Å². The third-order valence-corrected chi connectivity index (χ3v) is 2.66. The Morgan fingerprint density at radius 2 is 1.81 bits per heavy atom. The third kappa shape index (κ3) is 2.63. The Hall–Kier alpha value is -1.77. The van der Waals surface area contributed by atoms with E-state index in [1.54, 1.807) is 6.20 Å². The maximum absolute atomic E-state index is 5.41. The van der Waals surface area contributed by atoms with Gasteiger partial charge in [-0.25, -0.2) is 4.98 Å². The summed E-state index contributed by atoms with van der Waals surface area (Å²) in [7, 11) is 0. The summed E-state index contributed by atoms with van der Waals surface area (Å²) in [4.78, 5) is 3.87. The van der Waals surface area contributed by atoms with Crippen LogP contribution in [0.15, 0.2) is 34.9 Å². The second-order valence-corrected chi connectivity index (χ2v) is 3.83. The summed E-state index contributed by atoms with van der Waals surface area (Å²) in [6.45, 7) is 2.16. The molecule has 0 saturated carbocycles. The van der Waals surface area contributed by atoms with E-state index in [9.17, 15) is 0 Å². The number of nitrogen functional groups attached to an aromatic ring is 1. The van der Waals surface area contributed by atoms with Crippen LogP contribution in [0.25, 0.3) is 0 Å². The molecule has 1 aromatic carbocycles. The quantitative estimate of drug-likeness (QED) is 0.854. The lowest BCUT2D eigenvalue weighted by Crippen LogP contribution is -1.90. The van der Waals surface area contributed by atoms with Crippen molar-refractivity contribution in [2.45, 2.75) is 26.2 Å². The molecule has 0 atom stereocenters. The SMILES string of the molecule is CCc1ccc(CCc2cnc(N)o2)cc1. The number of aryl methyl sites for hydroxylation is 3. The largest absolute Gasteiger partial charge is 0.429 e. The number of hydrogen-bond acceptors (Lipinski definition) is 3. The lowest BCUT2D eigenvalue weighted by Gasteiger charge is -2.01. The number of oxazole rings is 1. The first kappa shape index (κ1) is 10.7. The average molecular weight is 216 g/mol. The zero-order valence-corrected chi connectivity index (χ0v) is 9.44. The second-order valence-electron chi connectivity index (χ2n) is 3.83. The second kappa shape index (κ2) is 4.84. The fourth-order valence-electron chi connectivity index (χ4n) is 1.65. The van der Waals surface area contributed by atoms with E-state index in [1.165, 1.54) is 11.1 Å². The van der Waals surface area contributed by atoms with Crippen LogP contribution in [0.1, 0.15) is 23.8 Å². The van der Waals surface area contributed by atoms with Crippen molar-refractivity contribution in [2.75, 3.05) is 5.73 Å². The molecule has 1 aromatic heterocycles. The van der Waals surface area contributed by atoms with Crippen LogP contribution in [0.2, 0.25) is 0 Å². The van der Waals surface area contributed by atoms with Gasteiger partial charge in [-0.2, -0.15) is 0 Å². The Morgan fingerprint density at radius 1 is 1.12 bits per heavy atom. The van der Waals surface area contributed by atoms with Gasteiger partial charge in [0.15, 0.2) is 0 Å². The molecule has 0 spiro atoms. The number of hydrogen-bond donors (Lipinski definition) is 1. The molecule has 16 heavy (non-hydrogen) atoms. The van der Waals surface area contributed by atoms with Crippen LogP contribution in [0, 0.1) is 0 Å². The zero-order valence-electron chi connectivity index (χ0n) is 9.44. The molecule has 0 aliphatic carbocycles. The third-order valence-electron chi connectivity index (χ3n) is 2.66. The Morgan fingerprint density at radius 3 is 2.38 bits per heavy atom. The topological polar surface area (TPSA) is 52.0 Å². The van der Waals surface area contributed by atoms with Crippen LogP contribution in [0.3, 0.4) is 0 Å². The van der Waals surface area contributed by atoms with Gasteiger partial charge in [-0.15, -0.1) is 0 Å². The summed E-state index contributed by atoms with van der Waals surface area (Å²) in [6, 6.07) is 8.92. The highest BCUT2D eigenvalue weighted by Gasteiger charge is 2.01. The lowest BCUT2D eigenvalue weighted by molar-refractivity contribution is 0.522. The van der Waals surface area contributed by atoms with Crippen molar-refractivity contribution in [1.29, 1.82) is 0 Å². The molecular weight excluding hydrogens is 200 g/mol. The molecule has 0 unspecified atom stereocenters. The molecule has 0 bridgehead atoms. The molecule has 0 radical (unpaired) electrons. The Kier molecular flexibility index (Phi) is 3.25. The summed E-state index contributed by atoms with van der Waals surface area (Å²) in [6.07, 6.45) is 4.57. The number of anilines is 1. The predicted molar refractivity (Wildman–Crippen MR) is 64.1 cm³/mol. The van der Waals surface area contributed by atoms with Gasteiger partial charge in [-0.1, -0.05) is 31.2 Å². The number of rotatable bonds is 4. The van der Waals surface area contributed by atoms with E-state index in [0.29, 0.717) is 0 Å². The molecular formula is C13H16N2O. The number of aromatic nitrogens is 1. The fraction of sp³-hybridized carbons (Fsp3) is 0.308. The van der Waals surface area contributed by atoms with Crippen LogP contribution >= 0.6 is 0 Å². The van der Waals surface area contributed by atoms with Crippen LogP contribution in [-0.2, 0) is 19.3 Å². The first-order chi connectivity index (χ1) is 7.78. The van der Waals surface area contributed by atoms with E-state index in [2.05, 4.69) is 36.2 Å². The smallest absolute Gasteiger partial charge is 0.292 e. The molecule has 3 nitrogen and oxygen atoms in total. The Labute approximate surface area is 95.3 Å². The van der Waals surface area contributed by atoms with Gasteiger partial charge in [0, 0.05) is 6.42 Å².